The second kappa shape index (κ2) is 31.9. The number of halogens is 1. The van der Waals surface area contributed by atoms with E-state index in [0.29, 0.717) is 93.0 Å². The Morgan fingerprint density at radius 1 is 0.721 bits per heavy atom. The molecule has 1 aromatic rings. The monoisotopic (exact) mass is 1070 g/mol. The highest BCUT2D eigenvalue weighted by Gasteiger charge is 2.32. The Balaban J connectivity index is 1.84. The summed E-state index contributed by atoms with van der Waals surface area (Å²) in [4.78, 5) is 126. The molecule has 5 atom stereocenters. The molecule has 1 saturated carbocycles. The maximum Gasteiger partial charge on any atom is 0.326 e. The van der Waals surface area contributed by atoms with E-state index < -0.39 is 65.5 Å². The van der Waals surface area contributed by atoms with Crippen LogP contribution >= 0.6 is 22.6 Å². The Bertz CT molecular complexity index is 1890. The van der Waals surface area contributed by atoms with Crippen molar-refractivity contribution in [3.05, 3.63) is 27.3 Å². The SMILES string of the molecule is CCCC(NC(=O)NC(CCC(=O)NCC1CCC(C(=O)NCCCCC(=O)CC(CCC(=O)O)C(=O)CC(Cc2ccc(O)c([131I])c2)C(=O)CC(CCCCN)C(C)=O)CC1)C(=O)O)C(=O)O. The van der Waals surface area contributed by atoms with Gasteiger partial charge in [0.2, 0.25) is 11.8 Å². The lowest BCUT2D eigenvalue weighted by atomic mass is 9.80. The van der Waals surface area contributed by atoms with Crippen molar-refractivity contribution in [1.29, 1.82) is 0 Å². The zero-order valence-corrected chi connectivity index (χ0v) is 41.5. The molecular weight excluding hydrogens is 1000 g/mol. The molecule has 380 valence electrons. The van der Waals surface area contributed by atoms with Gasteiger partial charge in [-0.15, -0.1) is 0 Å². The number of aliphatic carboxylic acids is 3. The van der Waals surface area contributed by atoms with Crippen LogP contribution in [0.3, 0.4) is 0 Å². The van der Waals surface area contributed by atoms with Crippen LogP contribution in [0.25, 0.3) is 0 Å². The third-order valence-electron chi connectivity index (χ3n) is 12.5. The molecule has 5 unspecified atom stereocenters. The number of nitrogens with two attached hydrogens (primary N) is 1. The second-order valence-corrected chi connectivity index (χ2v) is 19.2. The van der Waals surface area contributed by atoms with Crippen LogP contribution in [-0.2, 0) is 49.6 Å². The number of aromatic hydroxyl groups is 1. The fourth-order valence-corrected chi connectivity index (χ4v) is 8.91. The van der Waals surface area contributed by atoms with Gasteiger partial charge in [-0.05, 0) is 137 Å². The smallest absolute Gasteiger partial charge is 0.326 e. The third-order valence-corrected chi connectivity index (χ3v) is 13.4. The highest BCUT2D eigenvalue weighted by Crippen LogP contribution is 2.30. The first-order chi connectivity index (χ1) is 32.2. The number of Topliss-reactive ketones (excluding diaryl/α,β-unsaturated/α-hetero) is 4. The van der Waals surface area contributed by atoms with E-state index in [0.717, 1.165) is 0 Å². The maximum absolute atomic E-state index is 13.9. The second-order valence-electron chi connectivity index (χ2n) is 18.0. The van der Waals surface area contributed by atoms with Gasteiger partial charge in [0.05, 0.1) is 3.57 Å². The Labute approximate surface area is 411 Å². The van der Waals surface area contributed by atoms with Crippen LogP contribution in [0.1, 0.15) is 141 Å². The zero-order valence-electron chi connectivity index (χ0n) is 39.4. The lowest BCUT2D eigenvalue weighted by Crippen LogP contribution is -2.51. The predicted molar refractivity (Wildman–Crippen MR) is 258 cm³/mol. The van der Waals surface area contributed by atoms with Crippen molar-refractivity contribution in [2.24, 2.45) is 35.3 Å². The summed E-state index contributed by atoms with van der Waals surface area (Å²) >= 11 is 1.96. The average Bonchev–Trinajstić information content (AvgIpc) is 3.28. The molecule has 0 spiro atoms. The van der Waals surface area contributed by atoms with Gasteiger partial charge in [-0.3, -0.25) is 33.6 Å². The maximum atomic E-state index is 13.9. The van der Waals surface area contributed by atoms with Gasteiger partial charge < -0.3 is 47.4 Å². The molecule has 1 aliphatic carbocycles. The van der Waals surface area contributed by atoms with E-state index in [1.54, 1.807) is 19.1 Å². The quantitative estimate of drug-likeness (QED) is 0.0324. The third kappa shape index (κ3) is 23.3. The number of phenols is 1. The highest BCUT2D eigenvalue weighted by atomic mass is 131. The Kier molecular flexibility index (Phi) is 27.8. The number of carboxylic acids is 3. The van der Waals surface area contributed by atoms with Gasteiger partial charge in [-0.25, -0.2) is 14.4 Å². The minimum Gasteiger partial charge on any atom is -0.507 e. The number of hydrogen-bond acceptors (Lipinski definition) is 12. The van der Waals surface area contributed by atoms with Gasteiger partial charge in [0.15, 0.2) is 0 Å². The van der Waals surface area contributed by atoms with Crippen molar-refractivity contribution in [2.75, 3.05) is 19.6 Å². The number of ketones is 4. The van der Waals surface area contributed by atoms with Crippen LogP contribution in [0, 0.1) is 33.2 Å². The van der Waals surface area contributed by atoms with E-state index >= 15 is 0 Å². The molecule has 0 saturated heterocycles. The normalized spacial score (nSPS) is 16.8. The molecule has 0 aliphatic heterocycles. The summed E-state index contributed by atoms with van der Waals surface area (Å²) in [6.45, 7) is 4.29. The molecule has 1 fully saturated rings. The zero-order chi connectivity index (χ0) is 50.8. The van der Waals surface area contributed by atoms with Gasteiger partial charge >= 0.3 is 23.9 Å². The number of unbranched alkanes of at least 4 members (excludes halogenated alkanes) is 2. The molecule has 1 aliphatic rings. The number of carbonyl (C=O) groups excluding carboxylic acids is 7. The van der Waals surface area contributed by atoms with E-state index in [1.165, 1.54) is 13.0 Å². The number of benzene rings is 1. The van der Waals surface area contributed by atoms with Crippen molar-refractivity contribution in [1.82, 2.24) is 21.3 Å². The molecule has 2 rings (SSSR count). The summed E-state index contributed by atoms with van der Waals surface area (Å²) in [5, 5.41) is 48.4. The topological polar surface area (TPSA) is 326 Å². The summed E-state index contributed by atoms with van der Waals surface area (Å²) in [5.74, 6) is -7.67. The molecule has 1 aromatic carbocycles. The fraction of sp³-hybridized carbons (Fsp3) is 0.667. The van der Waals surface area contributed by atoms with Crippen LogP contribution in [0.2, 0.25) is 0 Å². The number of urea groups is 1. The first-order valence-electron chi connectivity index (χ1n) is 23.8. The van der Waals surface area contributed by atoms with E-state index in [4.69, 9.17) is 5.73 Å². The summed E-state index contributed by atoms with van der Waals surface area (Å²) < 4.78 is 0.558. The minimum absolute atomic E-state index is 0.0618. The number of rotatable bonds is 35. The summed E-state index contributed by atoms with van der Waals surface area (Å²) in [7, 11) is 0. The molecule has 0 bridgehead atoms. The predicted octanol–water partition coefficient (Wildman–Crippen LogP) is 4.84. The van der Waals surface area contributed by atoms with Crippen LogP contribution < -0.4 is 27.0 Å². The largest absolute Gasteiger partial charge is 0.507 e. The lowest BCUT2D eigenvalue weighted by molar-refractivity contribution is -0.140. The van der Waals surface area contributed by atoms with Gasteiger partial charge in [0.25, 0.3) is 0 Å². The van der Waals surface area contributed by atoms with Crippen molar-refractivity contribution in [2.45, 2.75) is 154 Å². The van der Waals surface area contributed by atoms with Crippen LogP contribution in [-0.4, -0.2) is 111 Å². The molecule has 0 aromatic heterocycles. The number of hydrogen-bond donors (Lipinski definition) is 9. The van der Waals surface area contributed by atoms with Gasteiger partial charge in [0, 0.05) is 75.3 Å². The summed E-state index contributed by atoms with van der Waals surface area (Å²) in [5.41, 5.74) is 6.32. The first kappa shape index (κ1) is 59.1. The minimum atomic E-state index is -1.40. The first-order valence-corrected chi connectivity index (χ1v) is 24.9. The fourth-order valence-electron chi connectivity index (χ4n) is 8.33. The van der Waals surface area contributed by atoms with Crippen molar-refractivity contribution < 1.29 is 68.4 Å². The summed E-state index contributed by atoms with van der Waals surface area (Å²) in [6, 6.07) is 1.34. The molecule has 4 amide bonds. The molecular formula is C48H72IN5O14. The summed E-state index contributed by atoms with van der Waals surface area (Å²) in [6.07, 6.45) is 4.90. The molecule has 20 heteroatoms. The molecule has 19 nitrogen and oxygen atoms in total. The van der Waals surface area contributed by atoms with Crippen LogP contribution in [0.15, 0.2) is 18.2 Å². The van der Waals surface area contributed by atoms with Crippen molar-refractivity contribution in [3.8, 4) is 5.75 Å². The number of nitrogens with one attached hydrogen (secondary N) is 4. The van der Waals surface area contributed by atoms with Gasteiger partial charge in [0.1, 0.15) is 41.0 Å². The van der Waals surface area contributed by atoms with E-state index in [9.17, 15) is 68.4 Å². The molecule has 0 heterocycles. The number of phenolic OH excluding ortho intramolecular Hbond substituents is 1. The Morgan fingerprint density at radius 2 is 1.35 bits per heavy atom. The molecule has 0 radical (unpaired) electrons. The van der Waals surface area contributed by atoms with E-state index in [1.807, 2.05) is 22.6 Å². The Hall–Kier alpha value is -4.99. The standard InChI is InChI=1S/C48H72IN5O14/c1-3-8-38(46(64)65)53-48(68)54-39(47(66)67)17-19-43(60)52-28-30-11-14-32(15-12-30)45(63)51-22-7-5-10-36(56)25-34(16-20-44(61)62)41(58)27-35(23-31-13-18-40(57)37(49)24-31)42(59)26-33(29(2)55)9-4-6-21-50/h13,18,24,30,32-35,38-39,57H,3-12,14-17,19-23,25-28,50H2,1-2H3,(H,51,63)(H,52,60)(H,61,62)(H,64,65)(H,66,67)(H2,53,54,68)/i49+4. The number of carboxylic acid groups (broad SMARTS) is 3. The van der Waals surface area contributed by atoms with Crippen LogP contribution in [0.4, 0.5) is 4.79 Å². The molecule has 68 heavy (non-hydrogen) atoms. The number of amides is 4. The van der Waals surface area contributed by atoms with Crippen molar-refractivity contribution in [3.63, 3.8) is 0 Å². The van der Waals surface area contributed by atoms with Gasteiger partial charge in [-0.1, -0.05) is 25.8 Å². The lowest BCUT2D eigenvalue weighted by Gasteiger charge is -2.28. The van der Waals surface area contributed by atoms with Crippen LogP contribution in [0.5, 0.6) is 5.75 Å². The van der Waals surface area contributed by atoms with Crippen molar-refractivity contribution >= 4 is 81.5 Å². The van der Waals surface area contributed by atoms with Gasteiger partial charge in [-0.2, -0.15) is 0 Å². The average molecular weight is 1070 g/mol. The van der Waals surface area contributed by atoms with E-state index in [2.05, 4.69) is 21.3 Å². The number of carbonyl (C=O) groups is 10. The molecule has 10 N–H and O–H groups in total. The Morgan fingerprint density at radius 3 is 1.94 bits per heavy atom. The highest BCUT2D eigenvalue weighted by molar-refractivity contribution is 14.1. The van der Waals surface area contributed by atoms with E-state index in [-0.39, 0.29) is 105 Å².